The summed E-state index contributed by atoms with van der Waals surface area (Å²) in [7, 11) is -2.47. The number of hydrogen-bond donors (Lipinski definition) is 2. The van der Waals surface area contributed by atoms with Crippen molar-refractivity contribution in [1.82, 2.24) is 4.31 Å². The van der Waals surface area contributed by atoms with Crippen LogP contribution in [0, 0.1) is 52.3 Å². The number of aliphatic hydroxyl groups excluding tert-OH is 2. The summed E-state index contributed by atoms with van der Waals surface area (Å²) in [5.41, 5.74) is 0.318. The number of carbonyl (C=O) groups is 1. The molecule has 1 aromatic carbocycles. The summed E-state index contributed by atoms with van der Waals surface area (Å²) in [5, 5.41) is 22.4. The first kappa shape index (κ1) is 30.0. The van der Waals surface area contributed by atoms with Crippen molar-refractivity contribution in [3.63, 3.8) is 0 Å². The number of sulfonamides is 1. The molecule has 0 saturated heterocycles. The van der Waals surface area contributed by atoms with E-state index in [9.17, 15) is 23.4 Å². The lowest BCUT2D eigenvalue weighted by molar-refractivity contribution is -0.203. The summed E-state index contributed by atoms with van der Waals surface area (Å²) in [6.45, 7) is 9.38. The van der Waals surface area contributed by atoms with E-state index in [2.05, 4.69) is 27.7 Å². The fourth-order valence-corrected chi connectivity index (χ4v) is 11.7. The molecule has 4 saturated carbocycles. The Hall–Kier alpha value is -1.44. The van der Waals surface area contributed by atoms with Crippen molar-refractivity contribution in [2.75, 3.05) is 7.05 Å². The van der Waals surface area contributed by atoms with E-state index in [0.29, 0.717) is 41.9 Å². The van der Waals surface area contributed by atoms with Gasteiger partial charge in [-0.15, -0.1) is 0 Å². The number of hydrogen-bond acceptors (Lipinski definition) is 5. The third kappa shape index (κ3) is 4.76. The Balaban J connectivity index is 1.29. The predicted molar refractivity (Wildman–Crippen MR) is 157 cm³/mol. The first-order valence-corrected chi connectivity index (χ1v) is 17.2. The van der Waals surface area contributed by atoms with E-state index in [4.69, 9.17) is 0 Å². The standard InChI is InChI=1S/C33H51NO5S/c1-6-24-28-20-22(35)16-18-33(28,4)27-17-19-32(3)25(13-14-26(32)30(27)31(24)37)21(2)12-15-29(36)34(5)40(38,39)23-10-8-7-9-11-23/h7-11,21-22,24-28,30-31,35,37H,6,12-20H2,1-5H3/t21-,22-,24-,25-,26+,27+,28+,30+,31-,32-,33-/m1/s1. The molecule has 0 bridgehead atoms. The van der Waals surface area contributed by atoms with E-state index in [1.165, 1.54) is 19.2 Å². The van der Waals surface area contributed by atoms with Gasteiger partial charge in [0.1, 0.15) is 0 Å². The van der Waals surface area contributed by atoms with Crippen LogP contribution in [0.4, 0.5) is 0 Å². The molecule has 4 fully saturated rings. The van der Waals surface area contributed by atoms with Gasteiger partial charge in [-0.25, -0.2) is 12.7 Å². The number of nitrogens with zero attached hydrogens (tertiary/aromatic N) is 1. The molecule has 224 valence electrons. The van der Waals surface area contributed by atoms with Crippen LogP contribution in [0.15, 0.2) is 35.2 Å². The van der Waals surface area contributed by atoms with Gasteiger partial charge in [0.25, 0.3) is 10.0 Å². The molecule has 0 radical (unpaired) electrons. The Morgan fingerprint density at radius 1 is 1.00 bits per heavy atom. The van der Waals surface area contributed by atoms with Crippen LogP contribution in [0.25, 0.3) is 0 Å². The van der Waals surface area contributed by atoms with Crippen LogP contribution >= 0.6 is 0 Å². The molecule has 0 aromatic heterocycles. The highest BCUT2D eigenvalue weighted by atomic mass is 32.2. The van der Waals surface area contributed by atoms with E-state index in [1.54, 1.807) is 18.2 Å². The second-order valence-corrected chi connectivity index (χ2v) is 16.3. The first-order chi connectivity index (χ1) is 18.9. The lowest BCUT2D eigenvalue weighted by Crippen LogP contribution is -2.62. The zero-order valence-corrected chi connectivity index (χ0v) is 25.9. The highest BCUT2D eigenvalue weighted by molar-refractivity contribution is 7.89. The van der Waals surface area contributed by atoms with Crippen molar-refractivity contribution in [2.45, 2.75) is 109 Å². The highest BCUT2D eigenvalue weighted by Gasteiger charge is 2.64. The topological polar surface area (TPSA) is 94.9 Å². The van der Waals surface area contributed by atoms with Crippen molar-refractivity contribution >= 4 is 15.9 Å². The van der Waals surface area contributed by atoms with Crippen LogP contribution in [-0.2, 0) is 14.8 Å². The predicted octanol–water partition coefficient (Wildman–Crippen LogP) is 5.88. The second-order valence-electron chi connectivity index (χ2n) is 14.3. The summed E-state index contributed by atoms with van der Waals surface area (Å²) < 4.78 is 26.8. The first-order valence-electron chi connectivity index (χ1n) is 15.8. The molecule has 11 atom stereocenters. The SMILES string of the molecule is CC[C@H]1[C@@H](O)[C@@H]2[C@H](CC[C@]3(C)[C@@H]([C@H](C)CCC(=O)N(C)S(=O)(=O)c4ccccc4)CC[C@@H]23)[C@@]2(C)CC[C@@H](O)C[C@@H]12. The molecule has 4 aliphatic rings. The second kappa shape index (κ2) is 11.0. The molecule has 6 nitrogen and oxygen atoms in total. The van der Waals surface area contributed by atoms with Gasteiger partial charge in [-0.1, -0.05) is 52.3 Å². The molecular formula is C33H51NO5S. The Labute approximate surface area is 242 Å². The molecule has 1 amide bonds. The third-order valence-corrected chi connectivity index (χ3v) is 14.5. The van der Waals surface area contributed by atoms with Gasteiger partial charge in [-0.05, 0) is 116 Å². The Kier molecular flexibility index (Phi) is 8.26. The van der Waals surface area contributed by atoms with Crippen molar-refractivity contribution < 1.29 is 23.4 Å². The normalized spacial score (nSPS) is 41.9. The van der Waals surface area contributed by atoms with E-state index >= 15 is 0 Å². The van der Waals surface area contributed by atoms with E-state index in [-0.39, 0.29) is 46.2 Å². The van der Waals surface area contributed by atoms with E-state index < -0.39 is 10.0 Å². The fourth-order valence-electron chi connectivity index (χ4n) is 10.5. The fraction of sp³-hybridized carbons (Fsp3) is 0.788. The van der Waals surface area contributed by atoms with Crippen LogP contribution in [0.2, 0.25) is 0 Å². The van der Waals surface area contributed by atoms with Gasteiger partial charge in [0.2, 0.25) is 5.91 Å². The zero-order chi connectivity index (χ0) is 29.0. The third-order valence-electron chi connectivity index (χ3n) is 12.7. The van der Waals surface area contributed by atoms with Crippen LogP contribution in [-0.4, -0.2) is 48.1 Å². The monoisotopic (exact) mass is 573 g/mol. The van der Waals surface area contributed by atoms with Crippen LogP contribution in [0.3, 0.4) is 0 Å². The number of rotatable bonds is 7. The smallest absolute Gasteiger partial charge is 0.266 e. The number of aliphatic hydroxyl groups is 2. The molecule has 7 heteroatoms. The maximum Gasteiger partial charge on any atom is 0.266 e. The van der Waals surface area contributed by atoms with Crippen molar-refractivity contribution in [2.24, 2.45) is 52.3 Å². The van der Waals surface area contributed by atoms with Crippen molar-refractivity contribution in [1.29, 1.82) is 0 Å². The van der Waals surface area contributed by atoms with Crippen LogP contribution in [0.5, 0.6) is 0 Å². The Morgan fingerprint density at radius 2 is 1.65 bits per heavy atom. The van der Waals surface area contributed by atoms with E-state index in [1.807, 2.05) is 0 Å². The average Bonchev–Trinajstić information content (AvgIpc) is 3.30. The summed E-state index contributed by atoms with van der Waals surface area (Å²) in [6.07, 6.45) is 8.61. The van der Waals surface area contributed by atoms with Gasteiger partial charge < -0.3 is 10.2 Å². The summed E-state index contributed by atoms with van der Waals surface area (Å²) in [5.74, 6) is 2.35. The number of carbonyl (C=O) groups excluding carboxylic acids is 1. The molecule has 0 aliphatic heterocycles. The molecule has 5 rings (SSSR count). The van der Waals surface area contributed by atoms with Gasteiger partial charge in [-0.3, -0.25) is 4.79 Å². The van der Waals surface area contributed by atoms with Gasteiger partial charge in [-0.2, -0.15) is 0 Å². The zero-order valence-electron chi connectivity index (χ0n) is 25.1. The maximum absolute atomic E-state index is 13.0. The summed E-state index contributed by atoms with van der Waals surface area (Å²) in [6, 6.07) is 8.15. The van der Waals surface area contributed by atoms with Crippen LogP contribution < -0.4 is 0 Å². The molecule has 0 heterocycles. The lowest BCUT2D eigenvalue weighted by atomic mass is 9.41. The molecular weight excluding hydrogens is 522 g/mol. The summed E-state index contributed by atoms with van der Waals surface area (Å²) >= 11 is 0. The molecule has 2 N–H and O–H groups in total. The lowest BCUT2D eigenvalue weighted by Gasteiger charge is -2.64. The van der Waals surface area contributed by atoms with Crippen LogP contribution in [0.1, 0.15) is 91.9 Å². The molecule has 40 heavy (non-hydrogen) atoms. The van der Waals surface area contributed by atoms with E-state index in [0.717, 1.165) is 55.7 Å². The van der Waals surface area contributed by atoms with Crippen molar-refractivity contribution in [3.8, 4) is 0 Å². The van der Waals surface area contributed by atoms with Crippen molar-refractivity contribution in [3.05, 3.63) is 30.3 Å². The quantitative estimate of drug-likeness (QED) is 0.425. The molecule has 4 aliphatic carbocycles. The van der Waals surface area contributed by atoms with Gasteiger partial charge in [0.05, 0.1) is 17.1 Å². The minimum absolute atomic E-state index is 0.127. The number of fused-ring (bicyclic) bond motifs is 5. The highest BCUT2D eigenvalue weighted by Crippen LogP contribution is 2.69. The summed E-state index contributed by atoms with van der Waals surface area (Å²) in [4.78, 5) is 13.2. The minimum Gasteiger partial charge on any atom is -0.393 e. The molecule has 1 aromatic rings. The largest absolute Gasteiger partial charge is 0.393 e. The molecule has 0 unspecified atom stereocenters. The maximum atomic E-state index is 13.0. The van der Waals surface area contributed by atoms with Gasteiger partial charge >= 0.3 is 0 Å². The minimum atomic E-state index is -3.84. The molecule has 0 spiro atoms. The van der Waals surface area contributed by atoms with Gasteiger partial charge in [0.15, 0.2) is 0 Å². The number of amides is 1. The average molecular weight is 574 g/mol. The Bertz CT molecular complexity index is 1170. The van der Waals surface area contributed by atoms with Gasteiger partial charge in [0, 0.05) is 13.5 Å². The number of benzene rings is 1. The Morgan fingerprint density at radius 3 is 2.33 bits per heavy atom.